The number of rotatable bonds is 8. The summed E-state index contributed by atoms with van der Waals surface area (Å²) < 4.78 is 22.6. The highest BCUT2D eigenvalue weighted by molar-refractivity contribution is 5.92. The zero-order chi connectivity index (χ0) is 24.1. The Morgan fingerprint density at radius 3 is 2.50 bits per heavy atom. The van der Waals surface area contributed by atoms with Gasteiger partial charge in [-0.15, -0.1) is 0 Å². The predicted octanol–water partition coefficient (Wildman–Crippen LogP) is 5.64. The summed E-state index contributed by atoms with van der Waals surface area (Å²) in [6.07, 6.45) is 5.54. The molecule has 1 aromatic heterocycles. The average Bonchev–Trinajstić information content (AvgIpc) is 3.38. The van der Waals surface area contributed by atoms with Gasteiger partial charge in [0, 0.05) is 12.6 Å². The summed E-state index contributed by atoms with van der Waals surface area (Å²) in [5.41, 5.74) is 3.38. The molecule has 2 aromatic carbocycles. The van der Waals surface area contributed by atoms with Crippen molar-refractivity contribution in [3.8, 4) is 17.2 Å². The molecule has 1 aliphatic heterocycles. The normalized spacial score (nSPS) is 15.4. The van der Waals surface area contributed by atoms with E-state index in [9.17, 15) is 4.79 Å². The molecule has 0 radical (unpaired) electrons. The minimum Gasteiger partial charge on any atom is -0.493 e. The molecule has 0 N–H and O–H groups in total. The number of fused-ring (bicyclic) bond motifs is 1. The highest BCUT2D eigenvalue weighted by Gasteiger charge is 2.32. The van der Waals surface area contributed by atoms with Gasteiger partial charge in [0.1, 0.15) is 18.1 Å². The predicted molar refractivity (Wildman–Crippen MR) is 131 cm³/mol. The Morgan fingerprint density at radius 1 is 1.12 bits per heavy atom. The lowest BCUT2D eigenvalue weighted by Gasteiger charge is -2.37. The molecule has 0 fully saturated rings. The average molecular weight is 462 g/mol. The molecule has 0 saturated carbocycles. The van der Waals surface area contributed by atoms with Crippen LogP contribution in [-0.4, -0.2) is 38.2 Å². The van der Waals surface area contributed by atoms with Gasteiger partial charge >= 0.3 is 0 Å². The molecule has 0 saturated heterocycles. The molecule has 0 unspecified atom stereocenters. The van der Waals surface area contributed by atoms with Gasteiger partial charge in [-0.3, -0.25) is 4.79 Å². The van der Waals surface area contributed by atoms with E-state index < -0.39 is 0 Å². The highest BCUT2D eigenvalue weighted by atomic mass is 16.5. The molecule has 34 heavy (non-hydrogen) atoms. The van der Waals surface area contributed by atoms with Crippen molar-refractivity contribution in [2.24, 2.45) is 0 Å². The Kier molecular flexibility index (Phi) is 7.26. The second kappa shape index (κ2) is 10.5. The zero-order valence-corrected chi connectivity index (χ0v) is 20.1. The number of furan rings is 1. The minimum absolute atomic E-state index is 0.0967. The van der Waals surface area contributed by atoms with E-state index >= 15 is 0 Å². The Hall–Kier alpha value is -3.67. The van der Waals surface area contributed by atoms with Crippen molar-refractivity contribution in [2.75, 3.05) is 27.4 Å². The van der Waals surface area contributed by atoms with Gasteiger partial charge in [0.05, 0.1) is 26.5 Å². The summed E-state index contributed by atoms with van der Waals surface area (Å²) in [5, 5.41) is 0. The van der Waals surface area contributed by atoms with Crippen molar-refractivity contribution >= 4 is 12.0 Å². The van der Waals surface area contributed by atoms with E-state index in [1.807, 2.05) is 35.2 Å². The summed E-state index contributed by atoms with van der Waals surface area (Å²) in [7, 11) is 3.24. The van der Waals surface area contributed by atoms with Gasteiger partial charge in [-0.2, -0.15) is 0 Å². The second-order valence-corrected chi connectivity index (χ2v) is 8.59. The Bertz CT molecular complexity index is 1130. The van der Waals surface area contributed by atoms with Gasteiger partial charge in [0.25, 0.3) is 0 Å². The van der Waals surface area contributed by atoms with E-state index in [2.05, 4.69) is 26.0 Å². The summed E-state index contributed by atoms with van der Waals surface area (Å²) in [4.78, 5) is 15.1. The van der Waals surface area contributed by atoms with E-state index in [-0.39, 0.29) is 11.9 Å². The SMILES string of the molecule is COc1cc2c(cc1OC)[C@H](COc1ccc(C(C)C)cc1)N(C(=O)/C=C/c1ccco1)CC2. The number of amides is 1. The first-order chi connectivity index (χ1) is 16.5. The Morgan fingerprint density at radius 2 is 1.85 bits per heavy atom. The van der Waals surface area contributed by atoms with Gasteiger partial charge in [-0.1, -0.05) is 26.0 Å². The van der Waals surface area contributed by atoms with Crippen LogP contribution in [0.25, 0.3) is 6.08 Å². The summed E-state index contributed by atoms with van der Waals surface area (Å²) >= 11 is 0. The van der Waals surface area contributed by atoms with Crippen molar-refractivity contribution in [3.05, 3.63) is 83.3 Å². The van der Waals surface area contributed by atoms with Crippen LogP contribution in [0.15, 0.2) is 65.3 Å². The van der Waals surface area contributed by atoms with Crippen molar-refractivity contribution in [1.82, 2.24) is 4.90 Å². The second-order valence-electron chi connectivity index (χ2n) is 8.59. The molecule has 6 nitrogen and oxygen atoms in total. The lowest BCUT2D eigenvalue weighted by Crippen LogP contribution is -2.41. The lowest BCUT2D eigenvalue weighted by molar-refractivity contribution is -0.129. The van der Waals surface area contributed by atoms with Crippen LogP contribution in [-0.2, 0) is 11.2 Å². The molecule has 0 aliphatic carbocycles. The maximum Gasteiger partial charge on any atom is 0.247 e. The fraction of sp³-hybridized carbons (Fsp3) is 0.321. The van der Waals surface area contributed by atoms with Gasteiger partial charge in [-0.25, -0.2) is 0 Å². The molecule has 2 heterocycles. The Labute approximate surface area is 200 Å². The number of carbonyl (C=O) groups excluding carboxylic acids is 1. The van der Waals surface area contributed by atoms with Gasteiger partial charge in [0.2, 0.25) is 5.91 Å². The third-order valence-corrected chi connectivity index (χ3v) is 6.17. The minimum atomic E-state index is -0.276. The first kappa shape index (κ1) is 23.5. The zero-order valence-electron chi connectivity index (χ0n) is 20.1. The van der Waals surface area contributed by atoms with Crippen LogP contribution in [0.3, 0.4) is 0 Å². The molecule has 6 heteroatoms. The highest BCUT2D eigenvalue weighted by Crippen LogP contribution is 2.38. The largest absolute Gasteiger partial charge is 0.493 e. The van der Waals surface area contributed by atoms with Crippen LogP contribution in [0.2, 0.25) is 0 Å². The van der Waals surface area contributed by atoms with Crippen molar-refractivity contribution < 1.29 is 23.4 Å². The number of ether oxygens (including phenoxy) is 3. The monoisotopic (exact) mass is 461 g/mol. The molecule has 1 amide bonds. The van der Waals surface area contributed by atoms with Crippen LogP contribution in [0.4, 0.5) is 0 Å². The van der Waals surface area contributed by atoms with Gasteiger partial charge in [-0.05, 0) is 71.5 Å². The van der Waals surface area contributed by atoms with Crippen LogP contribution in [0.1, 0.15) is 48.3 Å². The van der Waals surface area contributed by atoms with Crippen molar-refractivity contribution in [2.45, 2.75) is 32.2 Å². The number of methoxy groups -OCH3 is 2. The lowest BCUT2D eigenvalue weighted by atomic mass is 9.92. The molecule has 4 rings (SSSR count). The van der Waals surface area contributed by atoms with E-state index in [1.165, 1.54) is 5.56 Å². The van der Waals surface area contributed by atoms with E-state index in [0.717, 1.165) is 23.3 Å². The van der Waals surface area contributed by atoms with Crippen LogP contribution < -0.4 is 14.2 Å². The van der Waals surface area contributed by atoms with Crippen LogP contribution in [0, 0.1) is 0 Å². The topological polar surface area (TPSA) is 61.1 Å². The Balaban J connectivity index is 1.62. The summed E-state index contributed by atoms with van der Waals surface area (Å²) in [6.45, 7) is 5.22. The number of hydrogen-bond acceptors (Lipinski definition) is 5. The van der Waals surface area contributed by atoms with Crippen molar-refractivity contribution in [1.29, 1.82) is 0 Å². The molecule has 1 aliphatic rings. The van der Waals surface area contributed by atoms with Gasteiger partial charge < -0.3 is 23.5 Å². The molecule has 1 atom stereocenters. The maximum atomic E-state index is 13.2. The number of hydrogen-bond donors (Lipinski definition) is 0. The van der Waals surface area contributed by atoms with Crippen molar-refractivity contribution in [3.63, 3.8) is 0 Å². The van der Waals surface area contributed by atoms with E-state index in [0.29, 0.717) is 36.3 Å². The van der Waals surface area contributed by atoms with E-state index in [4.69, 9.17) is 18.6 Å². The maximum absolute atomic E-state index is 13.2. The van der Waals surface area contributed by atoms with Gasteiger partial charge in [0.15, 0.2) is 11.5 Å². The summed E-state index contributed by atoms with van der Waals surface area (Å²) in [5.74, 6) is 3.08. The molecule has 3 aromatic rings. The first-order valence-corrected chi connectivity index (χ1v) is 11.5. The molecule has 0 spiro atoms. The van der Waals surface area contributed by atoms with Crippen LogP contribution >= 0.6 is 0 Å². The molecular weight excluding hydrogens is 430 g/mol. The quantitative estimate of drug-likeness (QED) is 0.407. The summed E-state index contributed by atoms with van der Waals surface area (Å²) in [6, 6.07) is 15.4. The fourth-order valence-electron chi connectivity index (χ4n) is 4.23. The third kappa shape index (κ3) is 5.11. The fourth-order valence-corrected chi connectivity index (χ4v) is 4.23. The van der Waals surface area contributed by atoms with Crippen LogP contribution in [0.5, 0.6) is 17.2 Å². The first-order valence-electron chi connectivity index (χ1n) is 11.5. The van der Waals surface area contributed by atoms with E-state index in [1.54, 1.807) is 38.7 Å². The molecular formula is C28H31NO5. The number of nitrogens with zero attached hydrogens (tertiary/aromatic N) is 1. The smallest absolute Gasteiger partial charge is 0.247 e. The number of carbonyl (C=O) groups is 1. The molecule has 178 valence electrons. The molecule has 0 bridgehead atoms. The standard InChI is InChI=1S/C28H31NO5/c1-19(2)20-7-9-23(10-8-20)34-18-25-24-17-27(32-4)26(31-3)16-21(24)13-14-29(25)28(30)12-11-22-6-5-15-33-22/h5-12,15-17,19,25H,13-14,18H2,1-4H3/b12-11+/t25-/m0/s1. The third-order valence-electron chi connectivity index (χ3n) is 6.17. The number of benzene rings is 2.